The third-order valence-electron chi connectivity index (χ3n) is 5.65. The standard InChI is InChI=1S/C23H28ClN7O4/c1-25-23(33)31-15-19(24)18-13-16(3-4-20(18)31)35-17-5-7-26-21(14-17)28-22(32)27-6-2-8-29-9-11-30(34)12-10-29/h3-5,7,13-15,34H,2,6,8-12H2,1H3,(H,25,33)(H2,26,27,28,32). The van der Waals surface area contributed by atoms with Crippen LogP contribution in [0.4, 0.5) is 15.4 Å². The van der Waals surface area contributed by atoms with Crippen molar-refractivity contribution in [3.05, 3.63) is 47.7 Å². The average Bonchev–Trinajstić information content (AvgIpc) is 3.18. The summed E-state index contributed by atoms with van der Waals surface area (Å²) >= 11 is 6.30. The van der Waals surface area contributed by atoms with Gasteiger partial charge in [0.2, 0.25) is 0 Å². The van der Waals surface area contributed by atoms with Crippen LogP contribution in [0, 0.1) is 0 Å². The number of hydrogen-bond donors (Lipinski definition) is 4. The van der Waals surface area contributed by atoms with Crippen molar-refractivity contribution in [2.24, 2.45) is 0 Å². The number of amides is 3. The molecule has 1 fully saturated rings. The van der Waals surface area contributed by atoms with Gasteiger partial charge in [0.1, 0.15) is 17.3 Å². The highest BCUT2D eigenvalue weighted by Gasteiger charge is 2.15. The predicted molar refractivity (Wildman–Crippen MR) is 133 cm³/mol. The summed E-state index contributed by atoms with van der Waals surface area (Å²) in [6.07, 6.45) is 3.90. The molecular formula is C23H28ClN7O4. The van der Waals surface area contributed by atoms with Crippen LogP contribution in [-0.2, 0) is 0 Å². The number of benzene rings is 1. The maximum Gasteiger partial charge on any atom is 0.325 e. The lowest BCUT2D eigenvalue weighted by Crippen LogP contribution is -2.45. The first-order valence-electron chi connectivity index (χ1n) is 11.3. The van der Waals surface area contributed by atoms with E-state index in [2.05, 4.69) is 25.8 Å². The number of nitrogens with zero attached hydrogens (tertiary/aromatic N) is 4. The molecule has 2 aromatic heterocycles. The normalized spacial score (nSPS) is 14.6. The van der Waals surface area contributed by atoms with Gasteiger partial charge in [-0.05, 0) is 37.2 Å². The minimum absolute atomic E-state index is 0.289. The summed E-state index contributed by atoms with van der Waals surface area (Å²) in [5.41, 5.74) is 0.658. The number of hydroxylamine groups is 2. The highest BCUT2D eigenvalue weighted by atomic mass is 35.5. The number of urea groups is 1. The van der Waals surface area contributed by atoms with Crippen molar-refractivity contribution in [1.29, 1.82) is 0 Å². The molecule has 0 saturated carbocycles. The van der Waals surface area contributed by atoms with E-state index in [0.717, 1.165) is 26.1 Å². The second kappa shape index (κ2) is 11.4. The van der Waals surface area contributed by atoms with Crippen molar-refractivity contribution >= 4 is 40.4 Å². The van der Waals surface area contributed by atoms with Crippen molar-refractivity contribution in [1.82, 2.24) is 30.1 Å². The first-order chi connectivity index (χ1) is 16.9. The van der Waals surface area contributed by atoms with Crippen molar-refractivity contribution in [3.63, 3.8) is 0 Å². The highest BCUT2D eigenvalue weighted by molar-refractivity contribution is 6.36. The van der Waals surface area contributed by atoms with Crippen LogP contribution >= 0.6 is 11.6 Å². The predicted octanol–water partition coefficient (Wildman–Crippen LogP) is 3.19. The molecule has 0 unspecified atom stereocenters. The Kier molecular flexibility index (Phi) is 8.03. The molecule has 0 spiro atoms. The van der Waals surface area contributed by atoms with Crippen LogP contribution in [0.15, 0.2) is 42.7 Å². The average molecular weight is 502 g/mol. The van der Waals surface area contributed by atoms with Gasteiger partial charge in [-0.2, -0.15) is 5.06 Å². The van der Waals surface area contributed by atoms with Gasteiger partial charge in [0.25, 0.3) is 0 Å². The minimum Gasteiger partial charge on any atom is -0.457 e. The molecule has 12 heteroatoms. The molecule has 4 rings (SSSR count). The molecule has 0 radical (unpaired) electrons. The summed E-state index contributed by atoms with van der Waals surface area (Å²) in [7, 11) is 1.55. The summed E-state index contributed by atoms with van der Waals surface area (Å²) < 4.78 is 7.36. The number of anilines is 1. The van der Waals surface area contributed by atoms with Crippen LogP contribution in [-0.4, -0.2) is 83.1 Å². The number of ether oxygens (including phenoxy) is 1. The number of rotatable bonds is 7. The summed E-state index contributed by atoms with van der Waals surface area (Å²) in [6.45, 7) is 4.30. The molecule has 0 bridgehead atoms. The Bertz CT molecular complexity index is 1190. The van der Waals surface area contributed by atoms with E-state index in [1.807, 2.05) is 0 Å². The van der Waals surface area contributed by atoms with E-state index < -0.39 is 0 Å². The molecule has 4 N–H and O–H groups in total. The number of piperazine rings is 1. The fraction of sp³-hybridized carbons (Fsp3) is 0.348. The van der Waals surface area contributed by atoms with E-state index in [0.29, 0.717) is 52.9 Å². The number of aromatic nitrogens is 2. The SMILES string of the molecule is CNC(=O)n1cc(Cl)c2cc(Oc3ccnc(NC(=O)NCCCN4CCN(O)CC4)c3)ccc21. The molecule has 3 aromatic rings. The van der Waals surface area contributed by atoms with Crippen LogP contribution in [0.3, 0.4) is 0 Å². The van der Waals surface area contributed by atoms with Crippen LogP contribution < -0.4 is 20.7 Å². The van der Waals surface area contributed by atoms with Gasteiger partial charge in [-0.1, -0.05) is 11.6 Å². The second-order valence-corrected chi connectivity index (χ2v) is 8.50. The molecule has 11 nitrogen and oxygen atoms in total. The van der Waals surface area contributed by atoms with Crippen LogP contribution in [0.5, 0.6) is 11.5 Å². The molecule has 0 aliphatic carbocycles. The van der Waals surface area contributed by atoms with Gasteiger partial charge in [-0.3, -0.25) is 9.88 Å². The van der Waals surface area contributed by atoms with Gasteiger partial charge in [0.05, 0.1) is 10.5 Å². The van der Waals surface area contributed by atoms with E-state index in [9.17, 15) is 14.8 Å². The van der Waals surface area contributed by atoms with Crippen molar-refractivity contribution < 1.29 is 19.5 Å². The molecule has 0 atom stereocenters. The number of nitrogens with one attached hydrogen (secondary N) is 3. The second-order valence-electron chi connectivity index (χ2n) is 8.09. The Labute approximate surface area is 207 Å². The van der Waals surface area contributed by atoms with Gasteiger partial charge in [0.15, 0.2) is 0 Å². The molecule has 3 heterocycles. The number of halogens is 1. The Morgan fingerprint density at radius 1 is 1.14 bits per heavy atom. The number of fused-ring (bicyclic) bond motifs is 1. The largest absolute Gasteiger partial charge is 0.457 e. The van der Waals surface area contributed by atoms with E-state index >= 15 is 0 Å². The lowest BCUT2D eigenvalue weighted by atomic mass is 10.2. The lowest BCUT2D eigenvalue weighted by Gasteiger charge is -2.30. The molecule has 1 aromatic carbocycles. The van der Waals surface area contributed by atoms with Gasteiger partial charge in [0, 0.05) is 63.6 Å². The Balaban J connectivity index is 1.30. The summed E-state index contributed by atoms with van der Waals surface area (Å²) in [5.74, 6) is 1.36. The summed E-state index contributed by atoms with van der Waals surface area (Å²) in [5, 5.41) is 19.9. The van der Waals surface area contributed by atoms with Gasteiger partial charge >= 0.3 is 12.1 Å². The Morgan fingerprint density at radius 3 is 2.69 bits per heavy atom. The number of carbonyl (C=O) groups excluding carboxylic acids is 2. The molecule has 186 valence electrons. The van der Waals surface area contributed by atoms with E-state index in [-0.39, 0.29) is 12.1 Å². The summed E-state index contributed by atoms with van der Waals surface area (Å²) in [4.78, 5) is 30.7. The minimum atomic E-state index is -0.349. The molecular weight excluding hydrogens is 474 g/mol. The van der Waals surface area contributed by atoms with E-state index in [1.54, 1.807) is 49.8 Å². The Hall–Kier alpha value is -3.38. The quantitative estimate of drug-likeness (QED) is 0.366. The maximum atomic E-state index is 12.2. The monoisotopic (exact) mass is 501 g/mol. The zero-order valence-electron chi connectivity index (χ0n) is 19.3. The fourth-order valence-electron chi connectivity index (χ4n) is 3.83. The van der Waals surface area contributed by atoms with E-state index in [4.69, 9.17) is 16.3 Å². The number of pyridine rings is 1. The number of hydrogen-bond acceptors (Lipinski definition) is 7. The topological polar surface area (TPSA) is 124 Å². The zero-order valence-corrected chi connectivity index (χ0v) is 20.1. The van der Waals surface area contributed by atoms with Crippen LogP contribution in [0.1, 0.15) is 6.42 Å². The third-order valence-corrected chi connectivity index (χ3v) is 5.96. The Morgan fingerprint density at radius 2 is 1.91 bits per heavy atom. The first-order valence-corrected chi connectivity index (χ1v) is 11.7. The van der Waals surface area contributed by atoms with Gasteiger partial charge in [-0.15, -0.1) is 0 Å². The lowest BCUT2D eigenvalue weighted by molar-refractivity contribution is -0.117. The van der Waals surface area contributed by atoms with Crippen molar-refractivity contribution in [2.45, 2.75) is 6.42 Å². The van der Waals surface area contributed by atoms with Crippen molar-refractivity contribution in [2.75, 3.05) is 51.6 Å². The third kappa shape index (κ3) is 6.40. The van der Waals surface area contributed by atoms with Crippen molar-refractivity contribution in [3.8, 4) is 11.5 Å². The first kappa shape index (κ1) is 24.7. The van der Waals surface area contributed by atoms with Crippen LogP contribution in [0.25, 0.3) is 10.9 Å². The molecule has 35 heavy (non-hydrogen) atoms. The maximum absolute atomic E-state index is 12.2. The van der Waals surface area contributed by atoms with Crippen LogP contribution in [0.2, 0.25) is 5.02 Å². The zero-order chi connectivity index (χ0) is 24.8. The highest BCUT2D eigenvalue weighted by Crippen LogP contribution is 2.31. The van der Waals surface area contributed by atoms with Gasteiger partial charge < -0.3 is 25.5 Å². The van der Waals surface area contributed by atoms with Gasteiger partial charge in [-0.25, -0.2) is 14.6 Å². The summed E-state index contributed by atoms with van der Waals surface area (Å²) in [6, 6.07) is 7.90. The number of carbonyl (C=O) groups is 2. The van der Waals surface area contributed by atoms with E-state index in [1.165, 1.54) is 9.63 Å². The smallest absolute Gasteiger partial charge is 0.325 e. The fourth-order valence-corrected chi connectivity index (χ4v) is 4.07. The molecule has 1 aliphatic heterocycles. The molecule has 3 amide bonds. The molecule has 1 aliphatic rings. The molecule has 1 saturated heterocycles.